The largest absolute Gasteiger partial charge is 0.313 e. The number of aryl methyl sites for hydroxylation is 1. The first-order valence-corrected chi connectivity index (χ1v) is 13.8. The van der Waals surface area contributed by atoms with Crippen molar-refractivity contribution in [2.45, 2.75) is 66.3 Å². The van der Waals surface area contributed by atoms with Crippen LogP contribution in [0.5, 0.6) is 0 Å². The second kappa shape index (κ2) is 15.5. The van der Waals surface area contributed by atoms with Crippen molar-refractivity contribution in [3.63, 3.8) is 0 Å². The van der Waals surface area contributed by atoms with E-state index in [9.17, 15) is 10.5 Å². The van der Waals surface area contributed by atoms with Crippen molar-refractivity contribution in [1.29, 1.82) is 10.5 Å². The molecule has 0 spiro atoms. The Labute approximate surface area is 235 Å². The van der Waals surface area contributed by atoms with Crippen LogP contribution < -0.4 is 10.7 Å². The minimum absolute atomic E-state index is 0.133. The second-order valence-corrected chi connectivity index (χ2v) is 10.1. The first kappa shape index (κ1) is 31.3. The Kier molecular flexibility index (Phi) is 12.4. The maximum atomic E-state index is 10.1. The van der Waals surface area contributed by atoms with Gasteiger partial charge in [0.05, 0.1) is 34.9 Å². The van der Waals surface area contributed by atoms with Crippen molar-refractivity contribution in [3.8, 4) is 12.1 Å². The highest BCUT2D eigenvalue weighted by Gasteiger charge is 2.32. The molecule has 0 saturated carbocycles. The summed E-state index contributed by atoms with van der Waals surface area (Å²) in [6.07, 6.45) is 1.63. The molecule has 0 aromatic heterocycles. The van der Waals surface area contributed by atoms with Crippen LogP contribution in [-0.4, -0.2) is 19.3 Å². The third kappa shape index (κ3) is 8.81. The summed E-state index contributed by atoms with van der Waals surface area (Å²) in [5.74, 6) is 0.133. The molecule has 0 amide bonds. The summed E-state index contributed by atoms with van der Waals surface area (Å²) < 4.78 is 0. The van der Waals surface area contributed by atoms with E-state index in [-0.39, 0.29) is 12.0 Å². The van der Waals surface area contributed by atoms with Crippen LogP contribution in [0, 0.1) is 35.0 Å². The SMILES string of the molecule is CC.CC/C(=N\NC)c1cccc(C(NCC(Cc2ccc(C)cc2)c2cccc(C#N)c2)C(C)(C)C#N)c1. The standard InChI is InChI=1S/C32H37N5.C2H6/c1-6-30(37-35-5)27-11-8-12-28(19-27)31(32(3,4)22-34)36-21-29(17-24-15-13-23(2)14-16-24)26-10-7-9-25(18-26)20-33;1-2/h7-16,18-19,29,31,35-36H,6,17,21H2,1-5H3;1-2H3/b37-30+;. The van der Waals surface area contributed by atoms with Gasteiger partial charge in [0, 0.05) is 19.5 Å². The summed E-state index contributed by atoms with van der Waals surface area (Å²) in [6, 6.07) is 29.4. The van der Waals surface area contributed by atoms with Crippen LogP contribution in [0.2, 0.25) is 0 Å². The van der Waals surface area contributed by atoms with Crippen molar-refractivity contribution >= 4 is 5.71 Å². The van der Waals surface area contributed by atoms with E-state index in [2.05, 4.69) is 90.4 Å². The molecule has 5 heteroatoms. The number of hydrazone groups is 1. The summed E-state index contributed by atoms with van der Waals surface area (Å²) in [5, 5.41) is 27.8. The fourth-order valence-corrected chi connectivity index (χ4v) is 4.67. The number of nitrogens with one attached hydrogen (secondary N) is 2. The van der Waals surface area contributed by atoms with Crippen molar-refractivity contribution in [2.75, 3.05) is 13.6 Å². The minimum atomic E-state index is -0.645. The molecule has 0 aliphatic heterocycles. The van der Waals surface area contributed by atoms with Crippen molar-refractivity contribution < 1.29 is 0 Å². The van der Waals surface area contributed by atoms with Gasteiger partial charge in [0.2, 0.25) is 0 Å². The van der Waals surface area contributed by atoms with E-state index >= 15 is 0 Å². The smallest absolute Gasteiger partial charge is 0.0991 e. The van der Waals surface area contributed by atoms with E-state index in [0.717, 1.165) is 35.2 Å². The summed E-state index contributed by atoms with van der Waals surface area (Å²) >= 11 is 0. The van der Waals surface area contributed by atoms with Gasteiger partial charge in [0.1, 0.15) is 0 Å². The summed E-state index contributed by atoms with van der Waals surface area (Å²) in [5.41, 5.74) is 9.58. The Balaban J connectivity index is 0.00000260. The van der Waals surface area contributed by atoms with Crippen LogP contribution in [0.15, 0.2) is 77.9 Å². The lowest BCUT2D eigenvalue weighted by molar-refractivity contribution is 0.317. The lowest BCUT2D eigenvalue weighted by Gasteiger charge is -2.32. The van der Waals surface area contributed by atoms with Gasteiger partial charge in [-0.05, 0) is 74.1 Å². The summed E-state index contributed by atoms with van der Waals surface area (Å²) in [6.45, 7) is 12.8. The number of nitriles is 2. The number of rotatable bonds is 11. The molecule has 0 bridgehead atoms. The fraction of sp³-hybridized carbons (Fsp3) is 0.382. The molecule has 0 aliphatic carbocycles. The molecule has 0 heterocycles. The van der Waals surface area contributed by atoms with Gasteiger partial charge in [-0.3, -0.25) is 0 Å². The van der Waals surface area contributed by atoms with Gasteiger partial charge in [-0.15, -0.1) is 0 Å². The Bertz CT molecular complexity index is 1290. The second-order valence-electron chi connectivity index (χ2n) is 10.1. The molecule has 2 N–H and O–H groups in total. The van der Waals surface area contributed by atoms with Gasteiger partial charge in [-0.1, -0.05) is 80.9 Å². The number of nitrogens with zero attached hydrogens (tertiary/aromatic N) is 3. The number of hydrogen-bond acceptors (Lipinski definition) is 5. The minimum Gasteiger partial charge on any atom is -0.313 e. The van der Waals surface area contributed by atoms with Crippen molar-refractivity contribution in [1.82, 2.24) is 10.7 Å². The first-order chi connectivity index (χ1) is 18.8. The third-order valence-electron chi connectivity index (χ3n) is 6.80. The topological polar surface area (TPSA) is 84.0 Å². The quantitative estimate of drug-likeness (QED) is 0.203. The molecule has 3 aromatic rings. The number of benzene rings is 3. The molecule has 3 rings (SSSR count). The van der Waals surface area contributed by atoms with E-state index in [1.165, 1.54) is 11.1 Å². The maximum absolute atomic E-state index is 10.1. The van der Waals surface area contributed by atoms with Gasteiger partial charge in [-0.25, -0.2) is 0 Å². The Hall–Kier alpha value is -3.93. The highest BCUT2D eigenvalue weighted by molar-refractivity contribution is 6.00. The van der Waals surface area contributed by atoms with E-state index in [0.29, 0.717) is 12.1 Å². The van der Waals surface area contributed by atoms with Gasteiger partial charge >= 0.3 is 0 Å². The monoisotopic (exact) mass is 521 g/mol. The molecule has 0 radical (unpaired) electrons. The van der Waals surface area contributed by atoms with Crippen LogP contribution in [0.25, 0.3) is 0 Å². The van der Waals surface area contributed by atoms with Gasteiger partial charge in [-0.2, -0.15) is 15.6 Å². The highest BCUT2D eigenvalue weighted by atomic mass is 15.3. The fourth-order valence-electron chi connectivity index (χ4n) is 4.67. The zero-order chi connectivity index (χ0) is 28.8. The summed E-state index contributed by atoms with van der Waals surface area (Å²) in [4.78, 5) is 0. The summed E-state index contributed by atoms with van der Waals surface area (Å²) in [7, 11) is 1.80. The zero-order valence-corrected chi connectivity index (χ0v) is 24.5. The maximum Gasteiger partial charge on any atom is 0.0991 e. The average molecular weight is 522 g/mol. The Morgan fingerprint density at radius 2 is 1.62 bits per heavy atom. The average Bonchev–Trinajstić information content (AvgIpc) is 2.97. The van der Waals surface area contributed by atoms with Crippen molar-refractivity contribution in [3.05, 3.63) is 106 Å². The van der Waals surface area contributed by atoms with E-state index in [4.69, 9.17) is 0 Å². The first-order valence-electron chi connectivity index (χ1n) is 13.8. The van der Waals surface area contributed by atoms with Gasteiger partial charge < -0.3 is 10.7 Å². The lowest BCUT2D eigenvalue weighted by Crippen LogP contribution is -2.36. The van der Waals surface area contributed by atoms with E-state index < -0.39 is 5.41 Å². The molecule has 39 heavy (non-hydrogen) atoms. The lowest BCUT2D eigenvalue weighted by atomic mass is 9.80. The zero-order valence-electron chi connectivity index (χ0n) is 24.5. The molecule has 2 atom stereocenters. The van der Waals surface area contributed by atoms with Crippen LogP contribution in [0.4, 0.5) is 0 Å². The van der Waals surface area contributed by atoms with E-state index in [1.54, 1.807) is 7.05 Å². The normalized spacial score (nSPS) is 12.8. The predicted octanol–water partition coefficient (Wildman–Crippen LogP) is 7.43. The van der Waals surface area contributed by atoms with Gasteiger partial charge in [0.25, 0.3) is 0 Å². The van der Waals surface area contributed by atoms with Crippen LogP contribution >= 0.6 is 0 Å². The molecule has 0 saturated heterocycles. The molecule has 5 nitrogen and oxygen atoms in total. The Morgan fingerprint density at radius 1 is 0.949 bits per heavy atom. The Morgan fingerprint density at radius 3 is 2.23 bits per heavy atom. The molecular weight excluding hydrogens is 478 g/mol. The van der Waals surface area contributed by atoms with E-state index in [1.807, 2.05) is 52.0 Å². The molecule has 0 fully saturated rings. The molecule has 3 aromatic carbocycles. The number of hydrogen-bond donors (Lipinski definition) is 2. The predicted molar refractivity (Wildman–Crippen MR) is 163 cm³/mol. The molecular formula is C34H43N5. The highest BCUT2D eigenvalue weighted by Crippen LogP contribution is 2.34. The third-order valence-corrected chi connectivity index (χ3v) is 6.80. The molecule has 204 valence electrons. The van der Waals surface area contributed by atoms with Crippen LogP contribution in [-0.2, 0) is 6.42 Å². The van der Waals surface area contributed by atoms with Crippen LogP contribution in [0.3, 0.4) is 0 Å². The molecule has 0 aliphatic rings. The van der Waals surface area contributed by atoms with Gasteiger partial charge in [0.15, 0.2) is 0 Å². The van der Waals surface area contributed by atoms with Crippen LogP contribution in [0.1, 0.15) is 86.4 Å². The molecule has 2 unspecified atom stereocenters. The van der Waals surface area contributed by atoms with Crippen molar-refractivity contribution in [2.24, 2.45) is 10.5 Å².